The quantitative estimate of drug-likeness (QED) is 0.312. The highest BCUT2D eigenvalue weighted by Crippen LogP contribution is 2.23. The number of benzene rings is 1. The van der Waals surface area contributed by atoms with E-state index in [9.17, 15) is 9.90 Å². The van der Waals surface area contributed by atoms with Crippen molar-refractivity contribution in [2.75, 3.05) is 13.1 Å². The lowest BCUT2D eigenvalue weighted by molar-refractivity contribution is 0.441. The molecule has 0 spiro atoms. The van der Waals surface area contributed by atoms with Crippen molar-refractivity contribution < 1.29 is 5.11 Å². The van der Waals surface area contributed by atoms with Crippen LogP contribution in [0.5, 0.6) is 5.75 Å². The molecule has 0 amide bonds. The van der Waals surface area contributed by atoms with Gasteiger partial charge in [0.15, 0.2) is 0 Å². The minimum atomic E-state index is -0.537. The van der Waals surface area contributed by atoms with Gasteiger partial charge in [0.25, 0.3) is 5.56 Å². The fraction of sp³-hybridized carbons (Fsp3) is 0.208. The van der Waals surface area contributed by atoms with Crippen LogP contribution < -0.4 is 10.9 Å². The SMILES string of the molecule is C=C.C=CCNCC(Cc1ccc(C#Cc2cnn(C)c2)cc1)c1nc[nH]c(=O)c1O. The fourth-order valence-corrected chi connectivity index (χ4v) is 2.97. The van der Waals surface area contributed by atoms with Crippen LogP contribution in [0.1, 0.15) is 28.3 Å². The van der Waals surface area contributed by atoms with Gasteiger partial charge in [0.2, 0.25) is 5.75 Å². The number of aryl methyl sites for hydroxylation is 1. The smallest absolute Gasteiger partial charge is 0.293 e. The molecule has 1 atom stereocenters. The largest absolute Gasteiger partial charge is 0.502 e. The molecule has 3 rings (SSSR count). The molecule has 3 N–H and O–H groups in total. The normalized spacial score (nSPS) is 10.9. The summed E-state index contributed by atoms with van der Waals surface area (Å²) in [6.45, 7) is 10.9. The van der Waals surface area contributed by atoms with E-state index in [4.69, 9.17) is 0 Å². The maximum absolute atomic E-state index is 11.8. The van der Waals surface area contributed by atoms with Crippen molar-refractivity contribution in [1.29, 1.82) is 0 Å². The number of aromatic hydroxyl groups is 1. The molecular weight excluding hydrogens is 390 g/mol. The van der Waals surface area contributed by atoms with E-state index in [1.165, 1.54) is 6.33 Å². The zero-order valence-electron chi connectivity index (χ0n) is 17.6. The van der Waals surface area contributed by atoms with Crippen LogP contribution in [0.25, 0.3) is 0 Å². The van der Waals surface area contributed by atoms with Crippen LogP contribution in [-0.4, -0.2) is 37.9 Å². The van der Waals surface area contributed by atoms with Gasteiger partial charge in [0.1, 0.15) is 0 Å². The van der Waals surface area contributed by atoms with Gasteiger partial charge >= 0.3 is 0 Å². The molecule has 1 unspecified atom stereocenters. The van der Waals surface area contributed by atoms with Gasteiger partial charge in [-0.2, -0.15) is 5.10 Å². The summed E-state index contributed by atoms with van der Waals surface area (Å²) in [5.41, 5.74) is 2.66. The predicted octanol–water partition coefficient (Wildman–Crippen LogP) is 2.51. The van der Waals surface area contributed by atoms with E-state index in [-0.39, 0.29) is 11.7 Å². The molecule has 7 heteroatoms. The Hall–Kier alpha value is -3.89. The Bertz CT molecular complexity index is 1100. The molecule has 0 aliphatic carbocycles. The van der Waals surface area contributed by atoms with E-state index >= 15 is 0 Å². The van der Waals surface area contributed by atoms with Gasteiger partial charge in [-0.3, -0.25) is 9.48 Å². The lowest BCUT2D eigenvalue weighted by Gasteiger charge is -2.17. The number of aromatic nitrogens is 4. The molecule has 0 fully saturated rings. The van der Waals surface area contributed by atoms with Gasteiger partial charge in [-0.05, 0) is 24.1 Å². The third-order valence-corrected chi connectivity index (χ3v) is 4.42. The van der Waals surface area contributed by atoms with Crippen molar-refractivity contribution in [2.24, 2.45) is 7.05 Å². The molecular formula is C24H27N5O2. The van der Waals surface area contributed by atoms with Crippen molar-refractivity contribution in [3.63, 3.8) is 0 Å². The van der Waals surface area contributed by atoms with Gasteiger partial charge in [0, 0.05) is 37.8 Å². The maximum Gasteiger partial charge on any atom is 0.293 e. The van der Waals surface area contributed by atoms with Crippen LogP contribution in [-0.2, 0) is 13.5 Å². The van der Waals surface area contributed by atoms with E-state index in [1.807, 2.05) is 37.5 Å². The number of nitrogens with one attached hydrogen (secondary N) is 2. The lowest BCUT2D eigenvalue weighted by Crippen LogP contribution is -2.25. The van der Waals surface area contributed by atoms with Crippen LogP contribution in [0, 0.1) is 11.8 Å². The Balaban J connectivity index is 0.00000166. The first-order chi connectivity index (χ1) is 15.1. The molecule has 0 aliphatic rings. The predicted molar refractivity (Wildman–Crippen MR) is 123 cm³/mol. The van der Waals surface area contributed by atoms with Gasteiger partial charge in [0.05, 0.1) is 23.8 Å². The first kappa shape index (κ1) is 23.4. The maximum atomic E-state index is 11.8. The van der Waals surface area contributed by atoms with Gasteiger partial charge in [-0.1, -0.05) is 30.0 Å². The second kappa shape index (κ2) is 12.0. The molecule has 31 heavy (non-hydrogen) atoms. The molecule has 0 saturated carbocycles. The van der Waals surface area contributed by atoms with Crippen LogP contribution in [0.2, 0.25) is 0 Å². The topological polar surface area (TPSA) is 95.8 Å². The molecule has 0 bridgehead atoms. The zero-order valence-corrected chi connectivity index (χ0v) is 17.6. The molecule has 0 saturated heterocycles. The minimum absolute atomic E-state index is 0.162. The number of H-pyrrole nitrogens is 1. The molecule has 7 nitrogen and oxygen atoms in total. The molecule has 0 aliphatic heterocycles. The molecule has 3 aromatic rings. The number of aromatic amines is 1. The highest BCUT2D eigenvalue weighted by molar-refractivity contribution is 5.42. The van der Waals surface area contributed by atoms with E-state index in [0.29, 0.717) is 25.2 Å². The first-order valence-corrected chi connectivity index (χ1v) is 9.74. The summed E-state index contributed by atoms with van der Waals surface area (Å²) in [6, 6.07) is 7.91. The summed E-state index contributed by atoms with van der Waals surface area (Å²) in [7, 11) is 1.85. The summed E-state index contributed by atoms with van der Waals surface area (Å²) in [6.07, 6.45) is 7.28. The third kappa shape index (κ3) is 6.84. The Labute approximate surface area is 182 Å². The second-order valence-corrected chi connectivity index (χ2v) is 6.66. The Morgan fingerprint density at radius 2 is 1.97 bits per heavy atom. The summed E-state index contributed by atoms with van der Waals surface area (Å²) in [5, 5.41) is 17.5. The number of nitrogens with zero attached hydrogens (tertiary/aromatic N) is 3. The summed E-state index contributed by atoms with van der Waals surface area (Å²) >= 11 is 0. The Kier molecular flexibility index (Phi) is 9.02. The average Bonchev–Trinajstić information content (AvgIpc) is 3.21. The Morgan fingerprint density at radius 1 is 1.26 bits per heavy atom. The van der Waals surface area contributed by atoms with Crippen LogP contribution in [0.15, 0.2) is 73.6 Å². The van der Waals surface area contributed by atoms with Gasteiger partial charge in [-0.15, -0.1) is 19.7 Å². The minimum Gasteiger partial charge on any atom is -0.502 e. The molecule has 2 heterocycles. The average molecular weight is 418 g/mol. The van der Waals surface area contributed by atoms with E-state index in [2.05, 4.69) is 52.0 Å². The monoisotopic (exact) mass is 417 g/mol. The van der Waals surface area contributed by atoms with E-state index in [1.54, 1.807) is 17.0 Å². The van der Waals surface area contributed by atoms with Crippen LogP contribution in [0.4, 0.5) is 0 Å². The van der Waals surface area contributed by atoms with Crippen molar-refractivity contribution in [3.8, 4) is 17.6 Å². The lowest BCUT2D eigenvalue weighted by atomic mass is 9.94. The fourth-order valence-electron chi connectivity index (χ4n) is 2.97. The number of hydrogen-bond donors (Lipinski definition) is 3. The van der Waals surface area contributed by atoms with E-state index < -0.39 is 5.56 Å². The summed E-state index contributed by atoms with van der Waals surface area (Å²) in [5.74, 6) is 5.70. The first-order valence-electron chi connectivity index (χ1n) is 9.74. The van der Waals surface area contributed by atoms with Gasteiger partial charge < -0.3 is 15.4 Å². The molecule has 2 aromatic heterocycles. The van der Waals surface area contributed by atoms with Crippen molar-refractivity contribution in [2.45, 2.75) is 12.3 Å². The highest BCUT2D eigenvalue weighted by atomic mass is 16.3. The highest BCUT2D eigenvalue weighted by Gasteiger charge is 2.19. The van der Waals surface area contributed by atoms with E-state index in [0.717, 1.165) is 16.7 Å². The number of rotatable bonds is 7. The third-order valence-electron chi connectivity index (χ3n) is 4.42. The van der Waals surface area contributed by atoms with Gasteiger partial charge in [-0.25, -0.2) is 4.98 Å². The molecule has 1 aromatic carbocycles. The number of hydrogen-bond acceptors (Lipinski definition) is 5. The molecule has 0 radical (unpaired) electrons. The summed E-state index contributed by atoms with van der Waals surface area (Å²) in [4.78, 5) is 18.3. The van der Waals surface area contributed by atoms with Crippen LogP contribution >= 0.6 is 0 Å². The summed E-state index contributed by atoms with van der Waals surface area (Å²) < 4.78 is 1.71. The van der Waals surface area contributed by atoms with Crippen molar-refractivity contribution >= 4 is 0 Å². The van der Waals surface area contributed by atoms with Crippen LogP contribution in [0.3, 0.4) is 0 Å². The Morgan fingerprint density at radius 3 is 2.61 bits per heavy atom. The van der Waals surface area contributed by atoms with Crippen molar-refractivity contribution in [1.82, 2.24) is 25.1 Å². The molecule has 160 valence electrons. The van der Waals surface area contributed by atoms with Crippen molar-refractivity contribution in [3.05, 3.63) is 102 Å². The standard InChI is InChI=1S/C22H23N5O2.C2H4/c1-3-10-23-13-19(20-21(28)22(29)25-15-24-20)11-17-7-4-16(5-8-17)6-9-18-12-26-27(2)14-18;1-2/h3-5,7-8,12,14-15,19,23,28H,1,10-11,13H2,2H3,(H,24,25,29);1-2H2. The second-order valence-electron chi connectivity index (χ2n) is 6.66. The zero-order chi connectivity index (χ0) is 22.6.